The molecule has 96 valence electrons. The van der Waals surface area contributed by atoms with Crippen molar-refractivity contribution in [2.24, 2.45) is 7.05 Å². The van der Waals surface area contributed by atoms with E-state index in [-0.39, 0.29) is 12.2 Å². The first-order chi connectivity index (χ1) is 8.67. The van der Waals surface area contributed by atoms with Gasteiger partial charge in [-0.05, 0) is 12.1 Å². The molecule has 2 aromatic rings. The summed E-state index contributed by atoms with van der Waals surface area (Å²) in [5.41, 5.74) is 1.75. The van der Waals surface area contributed by atoms with Crippen molar-refractivity contribution in [3.05, 3.63) is 30.1 Å². The molecule has 0 aliphatic carbocycles. The largest absolute Gasteiger partial charge is 0.355 e. The van der Waals surface area contributed by atoms with Crippen LogP contribution in [-0.4, -0.2) is 35.8 Å². The van der Waals surface area contributed by atoms with Crippen molar-refractivity contribution in [1.29, 1.82) is 0 Å². The van der Waals surface area contributed by atoms with E-state index in [4.69, 9.17) is 9.47 Å². The number of ketones is 1. The summed E-state index contributed by atoms with van der Waals surface area (Å²) in [4.78, 5) is 16.5. The SMILES string of the molecule is COC(CC(=O)c1nc2ccccc2n1C)OC. The van der Waals surface area contributed by atoms with Crippen molar-refractivity contribution in [3.63, 3.8) is 0 Å². The molecule has 0 N–H and O–H groups in total. The van der Waals surface area contributed by atoms with Crippen molar-refractivity contribution in [2.75, 3.05) is 14.2 Å². The molecule has 0 saturated carbocycles. The van der Waals surface area contributed by atoms with E-state index in [1.54, 1.807) is 4.57 Å². The van der Waals surface area contributed by atoms with Crippen LogP contribution >= 0.6 is 0 Å². The highest BCUT2D eigenvalue weighted by atomic mass is 16.7. The van der Waals surface area contributed by atoms with Gasteiger partial charge in [-0.1, -0.05) is 12.1 Å². The molecule has 0 aliphatic rings. The van der Waals surface area contributed by atoms with Crippen molar-refractivity contribution < 1.29 is 14.3 Å². The van der Waals surface area contributed by atoms with E-state index < -0.39 is 6.29 Å². The lowest BCUT2D eigenvalue weighted by Crippen LogP contribution is -2.20. The molecule has 2 rings (SSSR count). The molecule has 0 radical (unpaired) electrons. The van der Waals surface area contributed by atoms with Crippen LogP contribution in [0.5, 0.6) is 0 Å². The van der Waals surface area contributed by atoms with Gasteiger partial charge in [-0.2, -0.15) is 0 Å². The van der Waals surface area contributed by atoms with Gasteiger partial charge in [0.2, 0.25) is 5.78 Å². The minimum atomic E-state index is -0.530. The van der Waals surface area contributed by atoms with E-state index in [0.29, 0.717) is 5.82 Å². The second-order valence-corrected chi connectivity index (χ2v) is 4.01. The minimum absolute atomic E-state index is 0.0950. The molecule has 0 bridgehead atoms. The van der Waals surface area contributed by atoms with Gasteiger partial charge in [0.1, 0.15) is 0 Å². The molecule has 0 spiro atoms. The maximum atomic E-state index is 12.1. The summed E-state index contributed by atoms with van der Waals surface area (Å²) in [5, 5.41) is 0. The average Bonchev–Trinajstić information content (AvgIpc) is 2.74. The molecule has 0 saturated heterocycles. The Labute approximate surface area is 105 Å². The highest BCUT2D eigenvalue weighted by Crippen LogP contribution is 2.16. The van der Waals surface area contributed by atoms with Gasteiger partial charge in [0.05, 0.1) is 17.5 Å². The Kier molecular flexibility index (Phi) is 3.74. The number of imidazole rings is 1. The molecule has 0 atom stereocenters. The predicted molar refractivity (Wildman–Crippen MR) is 67.5 cm³/mol. The average molecular weight is 248 g/mol. The first-order valence-electron chi connectivity index (χ1n) is 5.67. The molecule has 0 fully saturated rings. The number of hydrogen-bond acceptors (Lipinski definition) is 4. The maximum absolute atomic E-state index is 12.1. The Morgan fingerprint density at radius 2 is 2.00 bits per heavy atom. The van der Waals surface area contributed by atoms with Gasteiger partial charge in [0.15, 0.2) is 12.1 Å². The highest BCUT2D eigenvalue weighted by Gasteiger charge is 2.19. The first kappa shape index (κ1) is 12.7. The van der Waals surface area contributed by atoms with Gasteiger partial charge in [-0.3, -0.25) is 4.79 Å². The van der Waals surface area contributed by atoms with Gasteiger partial charge in [-0.25, -0.2) is 4.98 Å². The highest BCUT2D eigenvalue weighted by molar-refractivity contribution is 5.96. The number of carbonyl (C=O) groups is 1. The monoisotopic (exact) mass is 248 g/mol. The van der Waals surface area contributed by atoms with Gasteiger partial charge in [-0.15, -0.1) is 0 Å². The quantitative estimate of drug-likeness (QED) is 0.597. The zero-order chi connectivity index (χ0) is 13.1. The van der Waals surface area contributed by atoms with Crippen LogP contribution in [0.25, 0.3) is 11.0 Å². The second kappa shape index (κ2) is 5.29. The summed E-state index contributed by atoms with van der Waals surface area (Å²) in [6.45, 7) is 0. The molecule has 0 amide bonds. The Bertz CT molecular complexity index is 558. The summed E-state index contributed by atoms with van der Waals surface area (Å²) in [7, 11) is 4.85. The van der Waals surface area contributed by atoms with Crippen LogP contribution in [0.1, 0.15) is 17.0 Å². The number of methoxy groups -OCH3 is 2. The first-order valence-corrected chi connectivity index (χ1v) is 5.67. The topological polar surface area (TPSA) is 53.3 Å². The van der Waals surface area contributed by atoms with Crippen molar-refractivity contribution in [2.45, 2.75) is 12.7 Å². The molecule has 0 unspecified atom stereocenters. The molecule has 1 aromatic heterocycles. The third-order valence-electron chi connectivity index (χ3n) is 2.91. The third kappa shape index (κ3) is 2.27. The summed E-state index contributed by atoms with van der Waals surface area (Å²) in [5.74, 6) is 0.331. The van der Waals surface area contributed by atoms with Gasteiger partial charge in [0, 0.05) is 21.3 Å². The van der Waals surface area contributed by atoms with Crippen molar-refractivity contribution >= 4 is 16.8 Å². The van der Waals surface area contributed by atoms with Gasteiger partial charge in [0.25, 0.3) is 0 Å². The molecular weight excluding hydrogens is 232 g/mol. The number of hydrogen-bond donors (Lipinski definition) is 0. The summed E-state index contributed by atoms with van der Waals surface area (Å²) < 4.78 is 11.8. The van der Waals surface area contributed by atoms with Crippen LogP contribution in [-0.2, 0) is 16.5 Å². The molecule has 5 heteroatoms. The van der Waals surface area contributed by atoms with Crippen LogP contribution in [0.2, 0.25) is 0 Å². The number of rotatable bonds is 5. The standard InChI is InChI=1S/C13H16N2O3/c1-15-10-7-5-4-6-9(10)14-13(15)11(16)8-12(17-2)18-3/h4-7,12H,8H2,1-3H3. The number of ether oxygens (including phenoxy) is 2. The number of Topliss-reactive ketones (excluding diaryl/α,β-unsaturated/α-hetero) is 1. The number of para-hydroxylation sites is 2. The molecule has 18 heavy (non-hydrogen) atoms. The molecule has 0 aliphatic heterocycles. The van der Waals surface area contributed by atoms with Crippen molar-refractivity contribution in [1.82, 2.24) is 9.55 Å². The van der Waals surface area contributed by atoms with E-state index in [2.05, 4.69) is 4.98 Å². The number of aryl methyl sites for hydroxylation is 1. The number of carbonyl (C=O) groups excluding carboxylic acids is 1. The van der Waals surface area contributed by atoms with Gasteiger partial charge >= 0.3 is 0 Å². The van der Waals surface area contributed by atoms with E-state index >= 15 is 0 Å². The zero-order valence-corrected chi connectivity index (χ0v) is 10.7. The molecule has 5 nitrogen and oxygen atoms in total. The fourth-order valence-electron chi connectivity index (χ4n) is 1.90. The fraction of sp³-hybridized carbons (Fsp3) is 0.385. The fourth-order valence-corrected chi connectivity index (χ4v) is 1.90. The Hall–Kier alpha value is -1.72. The van der Waals surface area contributed by atoms with E-state index in [1.165, 1.54) is 14.2 Å². The van der Waals surface area contributed by atoms with E-state index in [0.717, 1.165) is 11.0 Å². The lowest BCUT2D eigenvalue weighted by molar-refractivity contribution is -0.0994. The lowest BCUT2D eigenvalue weighted by Gasteiger charge is -2.11. The van der Waals surface area contributed by atoms with E-state index in [9.17, 15) is 4.79 Å². The summed E-state index contributed by atoms with van der Waals surface area (Å²) in [6, 6.07) is 7.64. The van der Waals surface area contributed by atoms with E-state index in [1.807, 2.05) is 31.3 Å². The summed E-state index contributed by atoms with van der Waals surface area (Å²) >= 11 is 0. The lowest BCUT2D eigenvalue weighted by atomic mass is 10.2. The normalized spacial score (nSPS) is 11.3. The summed E-state index contributed by atoms with van der Waals surface area (Å²) in [6.07, 6.45) is -0.373. The Morgan fingerprint density at radius 1 is 1.33 bits per heavy atom. The molecule has 1 aromatic carbocycles. The number of benzene rings is 1. The maximum Gasteiger partial charge on any atom is 0.203 e. The third-order valence-corrected chi connectivity index (χ3v) is 2.91. The van der Waals surface area contributed by atoms with Crippen molar-refractivity contribution in [3.8, 4) is 0 Å². The van der Waals surface area contributed by atoms with Crippen LogP contribution in [0.3, 0.4) is 0 Å². The predicted octanol–water partition coefficient (Wildman–Crippen LogP) is 1.76. The zero-order valence-electron chi connectivity index (χ0n) is 10.7. The van der Waals surface area contributed by atoms with Crippen LogP contribution in [0.4, 0.5) is 0 Å². The van der Waals surface area contributed by atoms with Crippen LogP contribution < -0.4 is 0 Å². The number of nitrogens with zero attached hydrogens (tertiary/aromatic N) is 2. The van der Waals surface area contributed by atoms with Gasteiger partial charge < -0.3 is 14.0 Å². The van der Waals surface area contributed by atoms with Crippen LogP contribution in [0.15, 0.2) is 24.3 Å². The number of aromatic nitrogens is 2. The molecular formula is C13H16N2O3. The smallest absolute Gasteiger partial charge is 0.203 e. The minimum Gasteiger partial charge on any atom is -0.355 e. The Morgan fingerprint density at radius 3 is 2.61 bits per heavy atom. The Balaban J connectivity index is 2.30. The van der Waals surface area contributed by atoms with Crippen LogP contribution in [0, 0.1) is 0 Å². The second-order valence-electron chi connectivity index (χ2n) is 4.01. The molecule has 1 heterocycles. The number of fused-ring (bicyclic) bond motifs is 1.